The Hall–Kier alpha value is -1.08. The Bertz CT molecular complexity index is 529. The molecule has 7 heteroatoms. The first kappa shape index (κ1) is 14.8. The SMILES string of the molecule is CC1CC(n2c(SCC(=O)O)nnc2C2CC2)CCN1C. The topological polar surface area (TPSA) is 71.2 Å². The van der Waals surface area contributed by atoms with Crippen LogP contribution >= 0.6 is 11.8 Å². The fourth-order valence-corrected chi connectivity index (χ4v) is 3.71. The molecule has 1 N–H and O–H groups in total. The predicted octanol–water partition coefficient (Wildman–Crippen LogP) is 1.99. The number of carbonyl (C=O) groups is 1. The summed E-state index contributed by atoms with van der Waals surface area (Å²) in [6.07, 6.45) is 4.53. The summed E-state index contributed by atoms with van der Waals surface area (Å²) >= 11 is 1.29. The summed E-state index contributed by atoms with van der Waals surface area (Å²) in [5.74, 6) is 0.848. The van der Waals surface area contributed by atoms with E-state index >= 15 is 0 Å². The van der Waals surface area contributed by atoms with Crippen LogP contribution in [0.3, 0.4) is 0 Å². The molecule has 2 aliphatic rings. The van der Waals surface area contributed by atoms with Crippen LogP contribution in [0.4, 0.5) is 0 Å². The third kappa shape index (κ3) is 3.23. The second-order valence-electron chi connectivity index (χ2n) is 6.18. The molecule has 1 aromatic rings. The van der Waals surface area contributed by atoms with Crippen molar-refractivity contribution in [3.8, 4) is 0 Å². The van der Waals surface area contributed by atoms with Crippen molar-refractivity contribution in [3.63, 3.8) is 0 Å². The number of carboxylic acids is 1. The van der Waals surface area contributed by atoms with E-state index in [0.717, 1.165) is 30.4 Å². The van der Waals surface area contributed by atoms with E-state index in [1.807, 2.05) is 0 Å². The molecule has 2 unspecified atom stereocenters. The zero-order valence-corrected chi connectivity index (χ0v) is 13.3. The average Bonchev–Trinajstić information content (AvgIpc) is 3.20. The lowest BCUT2D eigenvalue weighted by atomic mass is 9.98. The second kappa shape index (κ2) is 5.96. The fourth-order valence-electron chi connectivity index (χ4n) is 2.98. The highest BCUT2D eigenvalue weighted by atomic mass is 32.2. The van der Waals surface area contributed by atoms with Gasteiger partial charge in [-0.2, -0.15) is 0 Å². The highest BCUT2D eigenvalue weighted by molar-refractivity contribution is 7.99. The van der Waals surface area contributed by atoms with E-state index in [1.165, 1.54) is 24.6 Å². The quantitative estimate of drug-likeness (QED) is 0.839. The van der Waals surface area contributed by atoms with Crippen LogP contribution in [0.25, 0.3) is 0 Å². The van der Waals surface area contributed by atoms with E-state index < -0.39 is 5.97 Å². The molecule has 2 atom stereocenters. The van der Waals surface area contributed by atoms with Gasteiger partial charge in [0.05, 0.1) is 5.75 Å². The Morgan fingerprint density at radius 2 is 2.14 bits per heavy atom. The van der Waals surface area contributed by atoms with Crippen LogP contribution in [0.15, 0.2) is 5.16 Å². The zero-order chi connectivity index (χ0) is 15.0. The molecule has 2 fully saturated rings. The van der Waals surface area contributed by atoms with Gasteiger partial charge in [-0.15, -0.1) is 10.2 Å². The summed E-state index contributed by atoms with van der Waals surface area (Å²) in [4.78, 5) is 13.2. The van der Waals surface area contributed by atoms with Crippen molar-refractivity contribution < 1.29 is 9.90 Å². The summed E-state index contributed by atoms with van der Waals surface area (Å²) < 4.78 is 2.24. The average molecular weight is 310 g/mol. The van der Waals surface area contributed by atoms with Crippen molar-refractivity contribution >= 4 is 17.7 Å². The molecule has 0 aromatic carbocycles. The van der Waals surface area contributed by atoms with E-state index in [4.69, 9.17) is 5.11 Å². The third-order valence-corrected chi connectivity index (χ3v) is 5.43. The van der Waals surface area contributed by atoms with Gasteiger partial charge in [-0.25, -0.2) is 0 Å². The molecule has 116 valence electrons. The number of carboxylic acid groups (broad SMARTS) is 1. The Balaban J connectivity index is 1.83. The first-order chi connectivity index (χ1) is 10.1. The molecule has 1 saturated carbocycles. The van der Waals surface area contributed by atoms with Crippen molar-refractivity contribution in [3.05, 3.63) is 5.82 Å². The number of hydrogen-bond donors (Lipinski definition) is 1. The normalized spacial score (nSPS) is 27.0. The minimum atomic E-state index is -0.806. The first-order valence-corrected chi connectivity index (χ1v) is 8.54. The molecule has 1 aromatic heterocycles. The number of aliphatic carboxylic acids is 1. The van der Waals surface area contributed by atoms with E-state index in [-0.39, 0.29) is 5.75 Å². The second-order valence-corrected chi connectivity index (χ2v) is 7.12. The van der Waals surface area contributed by atoms with Crippen LogP contribution in [-0.4, -0.2) is 56.1 Å². The predicted molar refractivity (Wildman–Crippen MR) is 80.7 cm³/mol. The van der Waals surface area contributed by atoms with Crippen LogP contribution in [0, 0.1) is 0 Å². The lowest BCUT2D eigenvalue weighted by Gasteiger charge is -2.36. The summed E-state index contributed by atoms with van der Waals surface area (Å²) in [7, 11) is 2.16. The van der Waals surface area contributed by atoms with Crippen LogP contribution in [0.5, 0.6) is 0 Å². The standard InChI is InChI=1S/C14H22N4O2S/c1-9-7-11(5-6-17(9)2)18-13(10-3-4-10)15-16-14(18)21-8-12(19)20/h9-11H,3-8H2,1-2H3,(H,19,20). The number of nitrogens with zero attached hydrogens (tertiary/aromatic N) is 4. The third-order valence-electron chi connectivity index (χ3n) is 4.50. The van der Waals surface area contributed by atoms with Gasteiger partial charge in [-0.1, -0.05) is 11.8 Å². The largest absolute Gasteiger partial charge is 0.481 e. The van der Waals surface area contributed by atoms with Crippen LogP contribution in [0.1, 0.15) is 50.4 Å². The van der Waals surface area contributed by atoms with Gasteiger partial charge < -0.3 is 14.6 Å². The van der Waals surface area contributed by atoms with Gasteiger partial charge in [0.15, 0.2) is 5.16 Å². The lowest BCUT2D eigenvalue weighted by molar-refractivity contribution is -0.133. The maximum atomic E-state index is 10.8. The van der Waals surface area contributed by atoms with Gasteiger partial charge >= 0.3 is 5.97 Å². The molecule has 0 spiro atoms. The van der Waals surface area contributed by atoms with Gasteiger partial charge in [-0.3, -0.25) is 4.79 Å². The fraction of sp³-hybridized carbons (Fsp3) is 0.786. The molecular formula is C14H22N4O2S. The van der Waals surface area contributed by atoms with Gasteiger partial charge in [0.1, 0.15) is 5.82 Å². The number of aromatic nitrogens is 3. The minimum absolute atomic E-state index is 0.0466. The molecule has 1 saturated heterocycles. The number of thioether (sulfide) groups is 1. The summed E-state index contributed by atoms with van der Waals surface area (Å²) in [5, 5.41) is 18.3. The van der Waals surface area contributed by atoms with Gasteiger partial charge in [-0.05, 0) is 39.7 Å². The highest BCUT2D eigenvalue weighted by Gasteiger charge is 2.35. The molecule has 1 aliphatic carbocycles. The Morgan fingerprint density at radius 1 is 1.38 bits per heavy atom. The van der Waals surface area contributed by atoms with Crippen molar-refractivity contribution in [1.82, 2.24) is 19.7 Å². The number of piperidine rings is 1. The molecule has 6 nitrogen and oxygen atoms in total. The van der Waals surface area contributed by atoms with E-state index in [0.29, 0.717) is 18.0 Å². The van der Waals surface area contributed by atoms with E-state index in [1.54, 1.807) is 0 Å². The lowest BCUT2D eigenvalue weighted by Crippen LogP contribution is -2.39. The maximum Gasteiger partial charge on any atom is 0.313 e. The van der Waals surface area contributed by atoms with Crippen LogP contribution in [-0.2, 0) is 4.79 Å². The van der Waals surface area contributed by atoms with Gasteiger partial charge in [0, 0.05) is 24.5 Å². The Labute approximate surface area is 128 Å². The minimum Gasteiger partial charge on any atom is -0.481 e. The van der Waals surface area contributed by atoms with Crippen LogP contribution < -0.4 is 0 Å². The Morgan fingerprint density at radius 3 is 2.76 bits per heavy atom. The molecule has 0 amide bonds. The smallest absolute Gasteiger partial charge is 0.313 e. The van der Waals surface area contributed by atoms with Crippen LogP contribution in [0.2, 0.25) is 0 Å². The monoisotopic (exact) mass is 310 g/mol. The number of likely N-dealkylation sites (tertiary alicyclic amines) is 1. The summed E-state index contributed by atoms with van der Waals surface area (Å²) in [5.41, 5.74) is 0. The van der Waals surface area contributed by atoms with Crippen molar-refractivity contribution in [1.29, 1.82) is 0 Å². The van der Waals surface area contributed by atoms with Crippen molar-refractivity contribution in [2.75, 3.05) is 19.3 Å². The molecule has 21 heavy (non-hydrogen) atoms. The molecular weight excluding hydrogens is 288 g/mol. The Kier molecular flexibility index (Phi) is 4.21. The molecule has 0 bridgehead atoms. The zero-order valence-electron chi connectivity index (χ0n) is 12.5. The molecule has 3 rings (SSSR count). The molecule has 1 aliphatic heterocycles. The summed E-state index contributed by atoms with van der Waals surface area (Å²) in [6, 6.07) is 0.939. The van der Waals surface area contributed by atoms with Crippen molar-refractivity contribution in [2.24, 2.45) is 0 Å². The number of hydrogen-bond acceptors (Lipinski definition) is 5. The van der Waals surface area contributed by atoms with E-state index in [2.05, 4.69) is 33.6 Å². The summed E-state index contributed by atoms with van der Waals surface area (Å²) in [6.45, 7) is 3.31. The highest BCUT2D eigenvalue weighted by Crippen LogP contribution is 2.42. The first-order valence-electron chi connectivity index (χ1n) is 7.56. The van der Waals surface area contributed by atoms with E-state index in [9.17, 15) is 4.79 Å². The molecule has 0 radical (unpaired) electrons. The number of rotatable bonds is 5. The van der Waals surface area contributed by atoms with Gasteiger partial charge in [0.25, 0.3) is 0 Å². The maximum absolute atomic E-state index is 10.8. The van der Waals surface area contributed by atoms with Gasteiger partial charge in [0.2, 0.25) is 0 Å². The molecule has 2 heterocycles. The van der Waals surface area contributed by atoms with Crippen molar-refractivity contribution in [2.45, 2.75) is 55.8 Å².